The Bertz CT molecular complexity index is 977. The van der Waals surface area contributed by atoms with E-state index >= 15 is 0 Å². The van der Waals surface area contributed by atoms with Crippen LogP contribution in [0.1, 0.15) is 60.0 Å². The number of alkyl halides is 3. The van der Waals surface area contributed by atoms with Gasteiger partial charge < -0.3 is 4.90 Å². The largest absolute Gasteiger partial charge is 0.416 e. The number of aromatic nitrogens is 2. The quantitative estimate of drug-likeness (QED) is 0.678. The monoisotopic (exact) mass is 418 g/mol. The number of fused-ring (bicyclic) bond motifs is 1. The van der Waals surface area contributed by atoms with Crippen molar-refractivity contribution >= 4 is 11.6 Å². The number of benzene rings is 1. The van der Waals surface area contributed by atoms with Gasteiger partial charge in [-0.1, -0.05) is 18.2 Å². The van der Waals surface area contributed by atoms with Gasteiger partial charge in [0.1, 0.15) is 11.5 Å². The summed E-state index contributed by atoms with van der Waals surface area (Å²) in [7, 11) is 0. The number of halogens is 3. The van der Waals surface area contributed by atoms with Crippen LogP contribution in [0.4, 0.5) is 13.2 Å². The Balaban J connectivity index is 1.46. The van der Waals surface area contributed by atoms with E-state index in [1.54, 1.807) is 34.8 Å². The highest BCUT2D eigenvalue weighted by molar-refractivity contribution is 5.92. The normalized spacial score (nSPS) is 23.5. The van der Waals surface area contributed by atoms with Crippen molar-refractivity contribution in [2.75, 3.05) is 13.1 Å². The summed E-state index contributed by atoms with van der Waals surface area (Å²) in [6.45, 7) is 6.67. The Morgan fingerprint density at radius 3 is 2.37 bits per heavy atom. The zero-order chi connectivity index (χ0) is 21.6. The number of hydrogen-bond donors (Lipinski definition) is 0. The molecule has 2 unspecified atom stereocenters. The van der Waals surface area contributed by atoms with Gasteiger partial charge in [-0.2, -0.15) is 18.3 Å². The van der Waals surface area contributed by atoms with Gasteiger partial charge in [-0.25, -0.2) is 9.66 Å². The van der Waals surface area contributed by atoms with E-state index in [0.717, 1.165) is 5.71 Å². The first-order valence-corrected chi connectivity index (χ1v) is 10.2. The molecule has 2 fully saturated rings. The lowest BCUT2D eigenvalue weighted by Gasteiger charge is -2.21. The number of likely N-dealkylation sites (tertiary alicyclic amines) is 1. The van der Waals surface area contributed by atoms with Crippen molar-refractivity contribution in [1.29, 1.82) is 0 Å². The summed E-state index contributed by atoms with van der Waals surface area (Å²) in [5.41, 5.74) is 1.07. The number of nitrogens with zero attached hydrogens (tertiary/aromatic N) is 4. The molecular formula is C22H25F3N4O. The molecule has 2 aliphatic rings. The van der Waals surface area contributed by atoms with E-state index in [1.807, 2.05) is 13.8 Å². The fraction of sp³-hybridized carbons (Fsp3) is 0.500. The molecule has 1 aliphatic heterocycles. The van der Waals surface area contributed by atoms with Gasteiger partial charge in [-0.15, -0.1) is 0 Å². The summed E-state index contributed by atoms with van der Waals surface area (Å²) >= 11 is 0. The molecular weight excluding hydrogens is 393 g/mol. The lowest BCUT2D eigenvalue weighted by Crippen LogP contribution is -2.30. The van der Waals surface area contributed by atoms with Crippen LogP contribution in [0.5, 0.6) is 0 Å². The third-order valence-corrected chi connectivity index (χ3v) is 6.13. The number of rotatable bonds is 3. The average Bonchev–Trinajstić information content (AvgIpc) is 3.33. The molecule has 0 N–H and O–H groups in total. The Labute approximate surface area is 173 Å². The fourth-order valence-corrected chi connectivity index (χ4v) is 4.88. The van der Waals surface area contributed by atoms with Crippen LogP contribution in [-0.2, 0) is 6.18 Å². The standard InChI is InChI=1S/C22H25F3N4O/c1-13(2)27-29-12-20(26-14(29)3)21(30)28-10-16-8-15(9-17(16)11-28)18-6-4-5-7-19(18)22(23,24)25/h4-7,12,15-17H,8-11H2,1-3H3. The van der Waals surface area contributed by atoms with Gasteiger partial charge in [-0.3, -0.25) is 4.79 Å². The number of carbonyl (C=O) groups excluding carboxylic acids is 1. The average molecular weight is 418 g/mol. The molecule has 2 heterocycles. The molecule has 2 aromatic rings. The Morgan fingerprint density at radius 1 is 1.13 bits per heavy atom. The van der Waals surface area contributed by atoms with Crippen molar-refractivity contribution in [2.45, 2.75) is 45.7 Å². The molecule has 0 spiro atoms. The van der Waals surface area contributed by atoms with E-state index < -0.39 is 11.7 Å². The third-order valence-electron chi connectivity index (χ3n) is 6.13. The van der Waals surface area contributed by atoms with Crippen molar-refractivity contribution in [2.24, 2.45) is 16.9 Å². The molecule has 0 radical (unpaired) electrons. The van der Waals surface area contributed by atoms with Crippen LogP contribution in [0.3, 0.4) is 0 Å². The summed E-state index contributed by atoms with van der Waals surface area (Å²) in [6.07, 6.45) is -1.35. The maximum Gasteiger partial charge on any atom is 0.416 e. The van der Waals surface area contributed by atoms with Crippen LogP contribution in [-0.4, -0.2) is 39.3 Å². The van der Waals surface area contributed by atoms with Crippen LogP contribution in [0.2, 0.25) is 0 Å². The van der Waals surface area contributed by atoms with E-state index in [9.17, 15) is 18.0 Å². The Hall–Kier alpha value is -2.64. The molecule has 160 valence electrons. The molecule has 30 heavy (non-hydrogen) atoms. The van der Waals surface area contributed by atoms with Gasteiger partial charge >= 0.3 is 6.18 Å². The number of carbonyl (C=O) groups is 1. The second-order valence-corrected chi connectivity index (χ2v) is 8.55. The lowest BCUT2D eigenvalue weighted by atomic mass is 9.91. The fourth-order valence-electron chi connectivity index (χ4n) is 4.88. The van der Waals surface area contributed by atoms with Gasteiger partial charge in [0.05, 0.1) is 11.8 Å². The Kier molecular flexibility index (Phi) is 5.20. The molecule has 5 nitrogen and oxygen atoms in total. The highest BCUT2D eigenvalue weighted by Crippen LogP contribution is 2.48. The molecule has 1 amide bonds. The van der Waals surface area contributed by atoms with E-state index in [0.29, 0.717) is 43.0 Å². The summed E-state index contributed by atoms with van der Waals surface area (Å²) in [5.74, 6) is 0.835. The van der Waals surface area contributed by atoms with Crippen LogP contribution >= 0.6 is 0 Å². The number of hydrogen-bond acceptors (Lipinski definition) is 3. The van der Waals surface area contributed by atoms with Crippen LogP contribution in [0.25, 0.3) is 0 Å². The summed E-state index contributed by atoms with van der Waals surface area (Å²) in [4.78, 5) is 19.0. The highest BCUT2D eigenvalue weighted by Gasteiger charge is 2.45. The van der Waals surface area contributed by atoms with Crippen molar-refractivity contribution in [3.05, 3.63) is 53.1 Å². The van der Waals surface area contributed by atoms with E-state index in [-0.39, 0.29) is 23.7 Å². The highest BCUT2D eigenvalue weighted by atomic mass is 19.4. The maximum atomic E-state index is 13.4. The SMILES string of the molecule is CC(C)=Nn1cc(C(=O)N2CC3CC(c4ccccc4C(F)(F)F)CC3C2)nc1C. The maximum absolute atomic E-state index is 13.4. The van der Waals surface area contributed by atoms with Crippen molar-refractivity contribution in [1.82, 2.24) is 14.6 Å². The first kappa shape index (κ1) is 20.6. The molecule has 2 atom stereocenters. The lowest BCUT2D eigenvalue weighted by molar-refractivity contribution is -0.138. The predicted octanol–water partition coefficient (Wildman–Crippen LogP) is 4.72. The smallest absolute Gasteiger partial charge is 0.337 e. The Morgan fingerprint density at radius 2 is 1.77 bits per heavy atom. The first-order valence-electron chi connectivity index (χ1n) is 10.2. The van der Waals surface area contributed by atoms with E-state index in [1.165, 1.54) is 12.1 Å². The van der Waals surface area contributed by atoms with Crippen molar-refractivity contribution < 1.29 is 18.0 Å². The molecule has 1 aliphatic carbocycles. The number of amides is 1. The summed E-state index contributed by atoms with van der Waals surface area (Å²) < 4.78 is 41.8. The second-order valence-electron chi connectivity index (χ2n) is 8.55. The molecule has 4 rings (SSSR count). The van der Waals surface area contributed by atoms with Crippen molar-refractivity contribution in [3.63, 3.8) is 0 Å². The topological polar surface area (TPSA) is 50.5 Å². The molecule has 1 aromatic heterocycles. The van der Waals surface area contributed by atoms with Gasteiger partial charge in [-0.05, 0) is 63.0 Å². The van der Waals surface area contributed by atoms with Crippen molar-refractivity contribution in [3.8, 4) is 0 Å². The zero-order valence-electron chi connectivity index (χ0n) is 17.3. The molecule has 1 saturated heterocycles. The minimum absolute atomic E-state index is 0.113. The van der Waals surface area contributed by atoms with Crippen LogP contribution in [0.15, 0.2) is 35.6 Å². The molecule has 1 aromatic carbocycles. The first-order chi connectivity index (χ1) is 14.1. The minimum atomic E-state index is -4.34. The molecule has 0 bridgehead atoms. The summed E-state index contributed by atoms with van der Waals surface area (Å²) in [6, 6.07) is 5.88. The van der Waals surface area contributed by atoms with Gasteiger partial charge in [0.25, 0.3) is 5.91 Å². The van der Waals surface area contributed by atoms with E-state index in [4.69, 9.17) is 0 Å². The van der Waals surface area contributed by atoms with E-state index in [2.05, 4.69) is 10.1 Å². The van der Waals surface area contributed by atoms with Gasteiger partial charge in [0, 0.05) is 18.8 Å². The minimum Gasteiger partial charge on any atom is -0.337 e. The molecule has 1 saturated carbocycles. The van der Waals surface area contributed by atoms with Crippen LogP contribution < -0.4 is 0 Å². The van der Waals surface area contributed by atoms with Crippen LogP contribution in [0, 0.1) is 18.8 Å². The number of aryl methyl sites for hydroxylation is 1. The summed E-state index contributed by atoms with van der Waals surface area (Å²) in [5, 5.41) is 4.33. The third kappa shape index (κ3) is 3.87. The second kappa shape index (κ2) is 7.56. The molecule has 8 heteroatoms. The van der Waals surface area contributed by atoms with Gasteiger partial charge in [0.15, 0.2) is 0 Å². The van der Waals surface area contributed by atoms with Gasteiger partial charge in [0.2, 0.25) is 0 Å². The number of imidazole rings is 1. The zero-order valence-corrected chi connectivity index (χ0v) is 17.3. The predicted molar refractivity (Wildman–Crippen MR) is 107 cm³/mol.